The largest absolute Gasteiger partial charge is 0.271 e. The highest BCUT2D eigenvalue weighted by atomic mass is 31.2. The molecule has 0 atom stereocenters. The van der Waals surface area contributed by atoms with Crippen LogP contribution in [0.3, 0.4) is 0 Å². The minimum absolute atomic E-state index is 0.0901. The number of non-ortho nitro benzene ring substituents is 1. The molecule has 35 heavy (non-hydrogen) atoms. The van der Waals surface area contributed by atoms with E-state index in [1.165, 1.54) is 23.1 Å². The summed E-state index contributed by atoms with van der Waals surface area (Å²) in [7, 11) is -2.23. The molecule has 0 saturated heterocycles. The van der Waals surface area contributed by atoms with Crippen molar-refractivity contribution >= 4 is 40.7 Å². The molecule has 0 aromatic heterocycles. The Morgan fingerprint density at radius 3 is 1.57 bits per heavy atom. The van der Waals surface area contributed by atoms with Crippen molar-refractivity contribution in [1.82, 2.24) is 4.90 Å². The van der Waals surface area contributed by atoms with E-state index in [1.807, 2.05) is 54.6 Å². The third-order valence-electron chi connectivity index (χ3n) is 6.42. The zero-order valence-electron chi connectivity index (χ0n) is 18.8. The quantitative estimate of drug-likeness (QED) is 0.172. The van der Waals surface area contributed by atoms with Crippen molar-refractivity contribution < 1.29 is 14.5 Å². The maximum absolute atomic E-state index is 13.2. The minimum atomic E-state index is -2.23. The molecule has 0 saturated carbocycles. The molecular formula is C28H22N2O4P+. The van der Waals surface area contributed by atoms with Gasteiger partial charge in [-0.15, -0.1) is 0 Å². The summed E-state index contributed by atoms with van der Waals surface area (Å²) < 4.78 is 0. The van der Waals surface area contributed by atoms with Gasteiger partial charge in [-0.2, -0.15) is 0 Å². The van der Waals surface area contributed by atoms with Crippen molar-refractivity contribution in [2.75, 3.05) is 12.7 Å². The molecule has 172 valence electrons. The standard InChI is InChI=1S/C28H22N2O4P/c31-27-25-17-16-21(30(33)34)20-26(25)28(32)29(27)18-19-35(22-10-4-1-5-11-22,23-12-6-2-7-13-23)24-14-8-3-9-15-24/h1-17,20H,18-19H2/q+1. The van der Waals surface area contributed by atoms with Gasteiger partial charge in [-0.05, 0) is 42.5 Å². The number of hydrogen-bond donors (Lipinski definition) is 0. The Morgan fingerprint density at radius 1 is 0.657 bits per heavy atom. The second kappa shape index (κ2) is 9.24. The lowest BCUT2D eigenvalue weighted by Gasteiger charge is -2.29. The molecule has 0 unspecified atom stereocenters. The summed E-state index contributed by atoms with van der Waals surface area (Å²) in [4.78, 5) is 38.2. The van der Waals surface area contributed by atoms with Crippen LogP contribution >= 0.6 is 7.26 Å². The maximum Gasteiger partial charge on any atom is 0.270 e. The smallest absolute Gasteiger partial charge is 0.270 e. The number of imide groups is 1. The fourth-order valence-corrected chi connectivity index (χ4v) is 8.94. The summed E-state index contributed by atoms with van der Waals surface area (Å²) in [6.07, 6.45) is 0.554. The second-order valence-corrected chi connectivity index (χ2v) is 11.9. The molecular weight excluding hydrogens is 459 g/mol. The first-order chi connectivity index (χ1) is 17.0. The van der Waals surface area contributed by atoms with Crippen LogP contribution in [0, 0.1) is 10.1 Å². The number of carbonyl (C=O) groups excluding carboxylic acids is 2. The Morgan fingerprint density at radius 2 is 1.11 bits per heavy atom. The Kier molecular flexibility index (Phi) is 5.98. The molecule has 1 aliphatic heterocycles. The fraction of sp³-hybridized carbons (Fsp3) is 0.0714. The molecule has 7 heteroatoms. The van der Waals surface area contributed by atoms with E-state index in [0.717, 1.165) is 15.9 Å². The van der Waals surface area contributed by atoms with E-state index in [9.17, 15) is 19.7 Å². The molecule has 0 N–H and O–H groups in total. The number of benzene rings is 4. The van der Waals surface area contributed by atoms with Crippen LogP contribution in [0.2, 0.25) is 0 Å². The summed E-state index contributed by atoms with van der Waals surface area (Å²) >= 11 is 0. The van der Waals surface area contributed by atoms with E-state index < -0.39 is 24.0 Å². The van der Waals surface area contributed by atoms with E-state index in [-0.39, 0.29) is 23.4 Å². The molecule has 1 aliphatic rings. The van der Waals surface area contributed by atoms with Gasteiger partial charge in [-0.1, -0.05) is 54.6 Å². The first-order valence-corrected chi connectivity index (χ1v) is 13.2. The zero-order chi connectivity index (χ0) is 24.4. The summed E-state index contributed by atoms with van der Waals surface area (Å²) in [5, 5.41) is 14.7. The number of fused-ring (bicyclic) bond motifs is 1. The van der Waals surface area contributed by atoms with E-state index in [4.69, 9.17) is 0 Å². The van der Waals surface area contributed by atoms with Gasteiger partial charge in [0.1, 0.15) is 23.2 Å². The number of hydrogen-bond acceptors (Lipinski definition) is 4. The topological polar surface area (TPSA) is 80.5 Å². The van der Waals surface area contributed by atoms with Gasteiger partial charge in [0.25, 0.3) is 17.5 Å². The molecule has 0 radical (unpaired) electrons. The summed E-state index contributed by atoms with van der Waals surface area (Å²) in [6.45, 7) is 0.201. The Labute approximate surface area is 203 Å². The predicted molar refractivity (Wildman–Crippen MR) is 138 cm³/mol. The summed E-state index contributed by atoms with van der Waals surface area (Å²) in [5.74, 6) is -0.895. The minimum Gasteiger partial charge on any atom is -0.271 e. The first-order valence-electron chi connectivity index (χ1n) is 11.2. The number of amides is 2. The molecule has 0 fully saturated rings. The molecule has 0 bridgehead atoms. The molecule has 4 aromatic rings. The molecule has 1 heterocycles. The van der Waals surface area contributed by atoms with Crippen molar-refractivity contribution in [3.63, 3.8) is 0 Å². The average molecular weight is 481 g/mol. The first kappa shape index (κ1) is 22.6. The van der Waals surface area contributed by atoms with Gasteiger partial charge < -0.3 is 0 Å². The van der Waals surface area contributed by atoms with Crippen molar-refractivity contribution in [1.29, 1.82) is 0 Å². The third-order valence-corrected chi connectivity index (χ3v) is 10.8. The van der Waals surface area contributed by atoms with Crippen molar-refractivity contribution in [3.05, 3.63) is 130 Å². The highest BCUT2D eigenvalue weighted by Gasteiger charge is 2.47. The van der Waals surface area contributed by atoms with Crippen molar-refractivity contribution in [3.8, 4) is 0 Å². The zero-order valence-corrected chi connectivity index (χ0v) is 19.7. The fourth-order valence-electron chi connectivity index (χ4n) is 4.73. The molecule has 5 rings (SSSR count). The van der Waals surface area contributed by atoms with Gasteiger partial charge in [-0.25, -0.2) is 0 Å². The highest BCUT2D eigenvalue weighted by molar-refractivity contribution is 7.95. The lowest BCUT2D eigenvalue weighted by atomic mass is 10.1. The Bertz CT molecular complexity index is 1310. The monoisotopic (exact) mass is 481 g/mol. The summed E-state index contributed by atoms with van der Waals surface area (Å²) in [5.41, 5.74) is 0.0994. The summed E-state index contributed by atoms with van der Waals surface area (Å²) in [6, 6.07) is 34.5. The molecule has 0 spiro atoms. The maximum atomic E-state index is 13.2. The van der Waals surface area contributed by atoms with Crippen LogP contribution in [0.25, 0.3) is 0 Å². The Balaban J connectivity index is 1.58. The number of nitro benzene ring substituents is 1. The lowest BCUT2D eigenvalue weighted by molar-refractivity contribution is -0.384. The van der Waals surface area contributed by atoms with Gasteiger partial charge in [0.15, 0.2) is 0 Å². The van der Waals surface area contributed by atoms with Crippen LogP contribution in [-0.4, -0.2) is 34.3 Å². The highest BCUT2D eigenvalue weighted by Crippen LogP contribution is 2.55. The molecule has 0 aliphatic carbocycles. The molecule has 4 aromatic carbocycles. The van der Waals surface area contributed by atoms with E-state index in [1.54, 1.807) is 0 Å². The van der Waals surface area contributed by atoms with Crippen LogP contribution < -0.4 is 15.9 Å². The normalized spacial score (nSPS) is 13.1. The van der Waals surface area contributed by atoms with Crippen molar-refractivity contribution in [2.45, 2.75) is 0 Å². The van der Waals surface area contributed by atoms with Gasteiger partial charge in [0.2, 0.25) is 0 Å². The number of nitro groups is 1. The van der Waals surface area contributed by atoms with Crippen LogP contribution in [0.1, 0.15) is 20.7 Å². The lowest BCUT2D eigenvalue weighted by Crippen LogP contribution is -2.39. The van der Waals surface area contributed by atoms with E-state index in [2.05, 4.69) is 36.4 Å². The van der Waals surface area contributed by atoms with Crippen LogP contribution in [0.4, 0.5) is 5.69 Å². The number of nitrogens with zero attached hydrogens (tertiary/aromatic N) is 2. The molecule has 6 nitrogen and oxygen atoms in total. The molecule has 2 amide bonds. The van der Waals surface area contributed by atoms with Crippen LogP contribution in [0.15, 0.2) is 109 Å². The van der Waals surface area contributed by atoms with Gasteiger partial charge >= 0.3 is 0 Å². The van der Waals surface area contributed by atoms with Gasteiger partial charge in [0, 0.05) is 12.1 Å². The van der Waals surface area contributed by atoms with E-state index >= 15 is 0 Å². The predicted octanol–water partition coefficient (Wildman–Crippen LogP) is 4.18. The van der Waals surface area contributed by atoms with Crippen LogP contribution in [-0.2, 0) is 0 Å². The second-order valence-electron chi connectivity index (χ2n) is 8.29. The number of carbonyl (C=O) groups is 2. The average Bonchev–Trinajstić information content (AvgIpc) is 3.15. The third kappa shape index (κ3) is 3.92. The van der Waals surface area contributed by atoms with Gasteiger partial charge in [-0.3, -0.25) is 24.6 Å². The SMILES string of the molecule is O=C1c2ccc([N+](=O)[O-])cc2C(=O)N1CC[P+](c1ccccc1)(c1ccccc1)c1ccccc1. The Hall–Kier alpha value is -4.15. The van der Waals surface area contributed by atoms with Gasteiger partial charge in [0.05, 0.1) is 28.8 Å². The van der Waals surface area contributed by atoms with E-state index in [0.29, 0.717) is 6.16 Å². The number of rotatable bonds is 7. The van der Waals surface area contributed by atoms with Crippen LogP contribution in [0.5, 0.6) is 0 Å². The van der Waals surface area contributed by atoms with Crippen molar-refractivity contribution in [2.24, 2.45) is 0 Å².